The van der Waals surface area contributed by atoms with Gasteiger partial charge in [-0.25, -0.2) is 15.0 Å². The van der Waals surface area contributed by atoms with Crippen molar-refractivity contribution in [2.45, 2.75) is 19.8 Å². The molecule has 0 aromatic carbocycles. The number of aliphatic hydroxyl groups excluding tert-OH is 1. The lowest BCUT2D eigenvalue weighted by Crippen LogP contribution is -2.04. The molecule has 2 rings (SSSR count). The minimum atomic E-state index is -1.64. The van der Waals surface area contributed by atoms with E-state index in [4.69, 9.17) is 10.2 Å². The second-order valence-corrected chi connectivity index (χ2v) is 2.84. The summed E-state index contributed by atoms with van der Waals surface area (Å²) < 4.78 is 1.81. The van der Waals surface area contributed by atoms with Gasteiger partial charge in [0.1, 0.15) is 5.52 Å². The van der Waals surface area contributed by atoms with Crippen LogP contribution in [0, 0.1) is 0 Å². The molecule has 2 aromatic heterocycles. The van der Waals surface area contributed by atoms with Gasteiger partial charge in [0, 0.05) is 6.54 Å². The Morgan fingerprint density at radius 2 is 2.21 bits per heavy atom. The first-order valence-electron chi connectivity index (χ1n) is 4.26. The highest BCUT2D eigenvalue weighted by molar-refractivity contribution is 5.69. The predicted molar refractivity (Wildman–Crippen MR) is 48.2 cm³/mol. The van der Waals surface area contributed by atoms with Crippen LogP contribution in [0.2, 0.25) is 0 Å². The van der Waals surface area contributed by atoms with Crippen LogP contribution in [0.4, 0.5) is 0 Å². The molecular weight excluding hydrogens is 184 g/mol. The van der Waals surface area contributed by atoms with Crippen LogP contribution in [0.1, 0.15) is 19.0 Å². The van der Waals surface area contributed by atoms with Gasteiger partial charge in [-0.1, -0.05) is 0 Å². The third-order valence-electron chi connectivity index (χ3n) is 1.95. The Morgan fingerprint density at radius 1 is 1.43 bits per heavy atom. The molecule has 6 heteroatoms. The van der Waals surface area contributed by atoms with Gasteiger partial charge in [0.15, 0.2) is 11.5 Å². The first-order chi connectivity index (χ1) is 6.72. The van der Waals surface area contributed by atoms with Crippen LogP contribution in [-0.2, 0) is 6.54 Å². The SMILES string of the molecule is CCn1cnc2cnc(C(O)O)nc21. The predicted octanol–water partition coefficient (Wildman–Crippen LogP) is -0.171. The number of hydrogen-bond acceptors (Lipinski definition) is 5. The van der Waals surface area contributed by atoms with Crippen LogP contribution in [0.15, 0.2) is 12.5 Å². The van der Waals surface area contributed by atoms with Gasteiger partial charge in [-0.15, -0.1) is 0 Å². The van der Waals surface area contributed by atoms with Gasteiger partial charge in [-0.2, -0.15) is 0 Å². The molecule has 0 amide bonds. The Morgan fingerprint density at radius 3 is 2.86 bits per heavy atom. The summed E-state index contributed by atoms with van der Waals surface area (Å²) >= 11 is 0. The average Bonchev–Trinajstić information content (AvgIpc) is 2.59. The van der Waals surface area contributed by atoms with E-state index in [1.54, 1.807) is 6.33 Å². The molecule has 6 nitrogen and oxygen atoms in total. The van der Waals surface area contributed by atoms with Crippen LogP contribution in [-0.4, -0.2) is 29.7 Å². The monoisotopic (exact) mass is 194 g/mol. The van der Waals surface area contributed by atoms with Crippen molar-refractivity contribution in [1.29, 1.82) is 0 Å². The van der Waals surface area contributed by atoms with Crippen molar-refractivity contribution >= 4 is 11.2 Å². The van der Waals surface area contributed by atoms with E-state index in [2.05, 4.69) is 15.0 Å². The summed E-state index contributed by atoms with van der Waals surface area (Å²) in [4.78, 5) is 11.8. The molecule has 0 aliphatic heterocycles. The largest absolute Gasteiger partial charge is 0.362 e. The zero-order chi connectivity index (χ0) is 10.1. The summed E-state index contributed by atoms with van der Waals surface area (Å²) in [5, 5.41) is 17.8. The van der Waals surface area contributed by atoms with E-state index in [1.807, 2.05) is 11.5 Å². The first-order valence-corrected chi connectivity index (χ1v) is 4.26. The van der Waals surface area contributed by atoms with Crippen molar-refractivity contribution in [2.24, 2.45) is 0 Å². The Bertz CT molecular complexity index is 452. The van der Waals surface area contributed by atoms with Crippen molar-refractivity contribution in [1.82, 2.24) is 19.5 Å². The lowest BCUT2D eigenvalue weighted by atomic mass is 10.5. The Hall–Kier alpha value is -1.53. The normalized spacial score (nSPS) is 11.4. The van der Waals surface area contributed by atoms with Crippen LogP contribution >= 0.6 is 0 Å². The maximum absolute atomic E-state index is 8.89. The number of nitrogens with zero attached hydrogens (tertiary/aromatic N) is 4. The van der Waals surface area contributed by atoms with E-state index in [-0.39, 0.29) is 5.82 Å². The van der Waals surface area contributed by atoms with Gasteiger partial charge in [0.05, 0.1) is 12.5 Å². The van der Waals surface area contributed by atoms with Crippen molar-refractivity contribution in [2.75, 3.05) is 0 Å². The highest BCUT2D eigenvalue weighted by Gasteiger charge is 2.09. The van der Waals surface area contributed by atoms with Crippen LogP contribution in [0.3, 0.4) is 0 Å². The van der Waals surface area contributed by atoms with E-state index in [0.717, 1.165) is 6.54 Å². The molecule has 0 bridgehead atoms. The Kier molecular flexibility index (Phi) is 2.14. The maximum Gasteiger partial charge on any atom is 0.214 e. The summed E-state index contributed by atoms with van der Waals surface area (Å²) in [6, 6.07) is 0. The Balaban J connectivity index is 2.61. The number of rotatable bonds is 2. The zero-order valence-electron chi connectivity index (χ0n) is 7.62. The van der Waals surface area contributed by atoms with E-state index < -0.39 is 6.29 Å². The molecule has 0 unspecified atom stereocenters. The number of aliphatic hydroxyl groups is 2. The van der Waals surface area contributed by atoms with Crippen molar-refractivity contribution < 1.29 is 10.2 Å². The van der Waals surface area contributed by atoms with Crippen molar-refractivity contribution in [3.05, 3.63) is 18.3 Å². The van der Waals surface area contributed by atoms with E-state index >= 15 is 0 Å². The number of hydrogen-bond donors (Lipinski definition) is 2. The molecule has 2 aromatic rings. The van der Waals surface area contributed by atoms with Gasteiger partial charge in [0.25, 0.3) is 0 Å². The van der Waals surface area contributed by atoms with Crippen molar-refractivity contribution in [3.63, 3.8) is 0 Å². The highest BCUT2D eigenvalue weighted by Crippen LogP contribution is 2.11. The van der Waals surface area contributed by atoms with E-state index in [9.17, 15) is 0 Å². The minimum Gasteiger partial charge on any atom is -0.362 e. The van der Waals surface area contributed by atoms with Crippen molar-refractivity contribution in [3.8, 4) is 0 Å². The topological polar surface area (TPSA) is 84.1 Å². The molecule has 0 aliphatic rings. The smallest absolute Gasteiger partial charge is 0.214 e. The number of imidazole rings is 1. The van der Waals surface area contributed by atoms with Gasteiger partial charge < -0.3 is 14.8 Å². The van der Waals surface area contributed by atoms with Gasteiger partial charge in [0.2, 0.25) is 6.29 Å². The molecule has 14 heavy (non-hydrogen) atoms. The van der Waals surface area contributed by atoms with Crippen LogP contribution in [0.25, 0.3) is 11.2 Å². The molecule has 0 aliphatic carbocycles. The third kappa shape index (κ3) is 1.34. The average molecular weight is 194 g/mol. The molecule has 2 N–H and O–H groups in total. The molecular formula is C8H10N4O2. The van der Waals surface area contributed by atoms with Crippen LogP contribution < -0.4 is 0 Å². The fourth-order valence-electron chi connectivity index (χ4n) is 1.22. The highest BCUT2D eigenvalue weighted by atomic mass is 16.5. The lowest BCUT2D eigenvalue weighted by molar-refractivity contribution is -0.0492. The van der Waals surface area contributed by atoms with Crippen LogP contribution in [0.5, 0.6) is 0 Å². The third-order valence-corrected chi connectivity index (χ3v) is 1.95. The van der Waals surface area contributed by atoms with Gasteiger partial charge in [-0.05, 0) is 6.92 Å². The molecule has 2 heterocycles. The molecule has 0 saturated carbocycles. The second kappa shape index (κ2) is 3.32. The van der Waals surface area contributed by atoms with Gasteiger partial charge >= 0.3 is 0 Å². The number of aromatic nitrogens is 4. The fourth-order valence-corrected chi connectivity index (χ4v) is 1.22. The van der Waals surface area contributed by atoms with E-state index in [1.165, 1.54) is 6.20 Å². The quantitative estimate of drug-likeness (QED) is 0.648. The second-order valence-electron chi connectivity index (χ2n) is 2.84. The van der Waals surface area contributed by atoms with Gasteiger partial charge in [-0.3, -0.25) is 0 Å². The number of aryl methyl sites for hydroxylation is 1. The Labute approximate surface area is 79.9 Å². The first kappa shape index (κ1) is 9.04. The minimum absolute atomic E-state index is 0.00676. The molecule has 0 radical (unpaired) electrons. The van der Waals surface area contributed by atoms with E-state index in [0.29, 0.717) is 11.2 Å². The molecule has 0 fully saturated rings. The number of fused-ring (bicyclic) bond motifs is 1. The lowest BCUT2D eigenvalue weighted by Gasteiger charge is -2.02. The summed E-state index contributed by atoms with van der Waals surface area (Å²) in [5.74, 6) is -0.00676. The summed E-state index contributed by atoms with van der Waals surface area (Å²) in [5.41, 5.74) is 1.27. The summed E-state index contributed by atoms with van der Waals surface area (Å²) in [6.07, 6.45) is 1.48. The molecule has 0 saturated heterocycles. The summed E-state index contributed by atoms with van der Waals surface area (Å²) in [6.45, 7) is 2.69. The molecule has 74 valence electrons. The fraction of sp³-hybridized carbons (Fsp3) is 0.375. The zero-order valence-corrected chi connectivity index (χ0v) is 7.62. The molecule has 0 spiro atoms. The standard InChI is InChI=1S/C8H10N4O2/c1-2-12-4-10-5-3-9-6(8(13)14)11-7(5)12/h3-4,8,13-14H,2H2,1H3. The summed E-state index contributed by atoms with van der Waals surface area (Å²) in [7, 11) is 0. The molecule has 0 atom stereocenters. The maximum atomic E-state index is 8.89.